The van der Waals surface area contributed by atoms with Crippen molar-refractivity contribution in [3.8, 4) is 0 Å². The molecule has 0 aliphatic carbocycles. The van der Waals surface area contributed by atoms with Gasteiger partial charge in [-0.05, 0) is 56.2 Å². The Kier molecular flexibility index (Phi) is 6.20. The molecule has 1 saturated heterocycles. The molecule has 32 heavy (non-hydrogen) atoms. The molecule has 0 radical (unpaired) electrons. The molecule has 8 heteroatoms. The molecule has 3 aromatic rings. The summed E-state index contributed by atoms with van der Waals surface area (Å²) in [5, 5.41) is 13.8. The molecule has 1 aliphatic heterocycles. The maximum Gasteiger partial charge on any atom is 0.335 e. The van der Waals surface area contributed by atoms with Gasteiger partial charge in [0.1, 0.15) is 5.82 Å². The number of aryl methyl sites for hydroxylation is 1. The van der Waals surface area contributed by atoms with Crippen LogP contribution in [0.3, 0.4) is 0 Å². The van der Waals surface area contributed by atoms with Gasteiger partial charge in [-0.1, -0.05) is 0 Å². The molecule has 4 rings (SSSR count). The van der Waals surface area contributed by atoms with Crippen LogP contribution in [0.25, 0.3) is 0 Å². The maximum absolute atomic E-state index is 11.5. The molecule has 1 fully saturated rings. The second kappa shape index (κ2) is 9.21. The van der Waals surface area contributed by atoms with E-state index in [2.05, 4.69) is 26.9 Å². The second-order valence-corrected chi connectivity index (χ2v) is 8.24. The van der Waals surface area contributed by atoms with Gasteiger partial charge in [0.25, 0.3) is 0 Å². The molecule has 0 bridgehead atoms. The van der Waals surface area contributed by atoms with Gasteiger partial charge in [0, 0.05) is 50.9 Å². The van der Waals surface area contributed by atoms with Crippen molar-refractivity contribution in [2.24, 2.45) is 12.0 Å². The number of pyridine rings is 1. The number of aromatic carboxylic acids is 1. The first-order valence-electron chi connectivity index (χ1n) is 10.7. The molecule has 166 valence electrons. The summed E-state index contributed by atoms with van der Waals surface area (Å²) < 4.78 is 1.76. The number of aromatic nitrogens is 3. The standard InChI is InChI=1S/C24H28N6O2/c1-17-5-4-11-30(17)23-9-6-18(15-26-23)14-25-21-13-19(24(31)32)7-8-22(21)28(2)16-20-10-12-29(3)27-20/h6-10,12-15,17H,4-5,11,16H2,1-3H3,(H,31,32). The average Bonchev–Trinajstić information content (AvgIpc) is 3.40. The molecule has 1 unspecified atom stereocenters. The quantitative estimate of drug-likeness (QED) is 0.570. The van der Waals surface area contributed by atoms with Crippen LogP contribution in [0.1, 0.15) is 41.4 Å². The number of hydrogen-bond donors (Lipinski definition) is 1. The minimum atomic E-state index is -0.980. The molecular weight excluding hydrogens is 404 g/mol. The molecular formula is C24H28N6O2. The molecule has 3 heterocycles. The lowest BCUT2D eigenvalue weighted by Crippen LogP contribution is -2.27. The van der Waals surface area contributed by atoms with E-state index in [1.54, 1.807) is 29.1 Å². The van der Waals surface area contributed by atoms with E-state index >= 15 is 0 Å². The van der Waals surface area contributed by atoms with Crippen molar-refractivity contribution in [1.29, 1.82) is 0 Å². The van der Waals surface area contributed by atoms with Crippen LogP contribution in [0.2, 0.25) is 0 Å². The zero-order valence-electron chi connectivity index (χ0n) is 18.6. The SMILES string of the molecule is CC1CCCN1c1ccc(C=Nc2cc(C(=O)O)ccc2N(C)Cc2ccn(C)n2)cn1. The van der Waals surface area contributed by atoms with Gasteiger partial charge in [-0.15, -0.1) is 0 Å². The summed E-state index contributed by atoms with van der Waals surface area (Å²) in [7, 11) is 3.82. The van der Waals surface area contributed by atoms with Crippen LogP contribution in [0.5, 0.6) is 0 Å². The van der Waals surface area contributed by atoms with Gasteiger partial charge in [0.15, 0.2) is 0 Å². The summed E-state index contributed by atoms with van der Waals surface area (Å²) >= 11 is 0. The lowest BCUT2D eigenvalue weighted by molar-refractivity contribution is 0.0697. The zero-order chi connectivity index (χ0) is 22.7. The number of carbonyl (C=O) groups is 1. The van der Waals surface area contributed by atoms with Crippen molar-refractivity contribution in [1.82, 2.24) is 14.8 Å². The minimum Gasteiger partial charge on any atom is -0.478 e. The number of rotatable bonds is 7. The Labute approximate surface area is 187 Å². The Morgan fingerprint density at radius 1 is 1.31 bits per heavy atom. The first kappa shape index (κ1) is 21.5. The number of anilines is 2. The van der Waals surface area contributed by atoms with Crippen LogP contribution in [-0.2, 0) is 13.6 Å². The van der Waals surface area contributed by atoms with E-state index in [1.807, 2.05) is 49.6 Å². The van der Waals surface area contributed by atoms with Crippen LogP contribution in [-0.4, -0.2) is 51.7 Å². The van der Waals surface area contributed by atoms with Crippen LogP contribution in [0.4, 0.5) is 17.2 Å². The Morgan fingerprint density at radius 3 is 2.78 bits per heavy atom. The van der Waals surface area contributed by atoms with Gasteiger partial charge in [0.05, 0.1) is 29.2 Å². The molecule has 0 saturated carbocycles. The van der Waals surface area contributed by atoms with Gasteiger partial charge in [-0.25, -0.2) is 9.78 Å². The van der Waals surface area contributed by atoms with E-state index in [4.69, 9.17) is 0 Å². The van der Waals surface area contributed by atoms with E-state index in [-0.39, 0.29) is 5.56 Å². The molecule has 0 amide bonds. The van der Waals surface area contributed by atoms with Crippen molar-refractivity contribution < 1.29 is 9.90 Å². The Balaban J connectivity index is 1.57. The Hall–Kier alpha value is -3.68. The van der Waals surface area contributed by atoms with Gasteiger partial charge < -0.3 is 14.9 Å². The fraction of sp³-hybridized carbons (Fsp3) is 0.333. The van der Waals surface area contributed by atoms with Crippen molar-refractivity contribution >= 4 is 29.4 Å². The molecule has 1 N–H and O–H groups in total. The maximum atomic E-state index is 11.5. The number of aliphatic imine (C=N–C) groups is 1. The van der Waals surface area contributed by atoms with Crippen molar-refractivity contribution in [3.63, 3.8) is 0 Å². The Morgan fingerprint density at radius 2 is 2.16 bits per heavy atom. The van der Waals surface area contributed by atoms with E-state index in [0.717, 1.165) is 29.3 Å². The van der Waals surface area contributed by atoms with Crippen LogP contribution < -0.4 is 9.80 Å². The summed E-state index contributed by atoms with van der Waals surface area (Å²) in [4.78, 5) is 25.1. The van der Waals surface area contributed by atoms with E-state index in [9.17, 15) is 9.90 Å². The normalized spacial score (nSPS) is 16.1. The van der Waals surface area contributed by atoms with E-state index < -0.39 is 5.97 Å². The fourth-order valence-corrected chi connectivity index (χ4v) is 4.02. The summed E-state index contributed by atoms with van der Waals surface area (Å²) in [5.41, 5.74) is 3.39. The van der Waals surface area contributed by atoms with Crippen LogP contribution in [0, 0.1) is 0 Å². The third-order valence-corrected chi connectivity index (χ3v) is 5.77. The lowest BCUT2D eigenvalue weighted by Gasteiger charge is -2.22. The van der Waals surface area contributed by atoms with Crippen molar-refractivity contribution in [3.05, 3.63) is 65.6 Å². The number of carboxylic acids is 1. The Bertz CT molecular complexity index is 1120. The fourth-order valence-electron chi connectivity index (χ4n) is 4.02. The predicted octanol–water partition coefficient (Wildman–Crippen LogP) is 3.89. The van der Waals surface area contributed by atoms with Gasteiger partial charge in [-0.2, -0.15) is 5.10 Å². The highest BCUT2D eigenvalue weighted by atomic mass is 16.4. The molecule has 1 atom stereocenters. The second-order valence-electron chi connectivity index (χ2n) is 8.24. The number of benzene rings is 1. The van der Waals surface area contributed by atoms with Gasteiger partial charge >= 0.3 is 5.97 Å². The summed E-state index contributed by atoms with van der Waals surface area (Å²) in [6, 6.07) is 11.5. The molecule has 1 aromatic carbocycles. The summed E-state index contributed by atoms with van der Waals surface area (Å²) in [6.07, 6.45) is 7.82. The molecule has 1 aliphatic rings. The number of nitrogens with zero attached hydrogens (tertiary/aromatic N) is 6. The number of carboxylic acid groups (broad SMARTS) is 1. The predicted molar refractivity (Wildman–Crippen MR) is 126 cm³/mol. The highest BCUT2D eigenvalue weighted by molar-refractivity contribution is 5.92. The summed E-state index contributed by atoms with van der Waals surface area (Å²) in [5.74, 6) is 0.00180. The molecule has 0 spiro atoms. The topological polar surface area (TPSA) is 86.9 Å². The summed E-state index contributed by atoms with van der Waals surface area (Å²) in [6.45, 7) is 3.85. The van der Waals surface area contributed by atoms with Gasteiger partial charge in [-0.3, -0.25) is 9.67 Å². The highest BCUT2D eigenvalue weighted by Gasteiger charge is 2.21. The molecule has 8 nitrogen and oxygen atoms in total. The van der Waals surface area contributed by atoms with Crippen LogP contribution >= 0.6 is 0 Å². The minimum absolute atomic E-state index is 0.198. The third-order valence-electron chi connectivity index (χ3n) is 5.77. The molecule has 2 aromatic heterocycles. The smallest absolute Gasteiger partial charge is 0.335 e. The van der Waals surface area contributed by atoms with Gasteiger partial charge in [0.2, 0.25) is 0 Å². The highest BCUT2D eigenvalue weighted by Crippen LogP contribution is 2.30. The lowest BCUT2D eigenvalue weighted by atomic mass is 10.1. The zero-order valence-corrected chi connectivity index (χ0v) is 18.6. The number of hydrogen-bond acceptors (Lipinski definition) is 6. The van der Waals surface area contributed by atoms with Crippen molar-refractivity contribution in [2.45, 2.75) is 32.4 Å². The third kappa shape index (κ3) is 4.80. The van der Waals surface area contributed by atoms with Crippen molar-refractivity contribution in [2.75, 3.05) is 23.4 Å². The van der Waals surface area contributed by atoms with E-state index in [1.165, 1.54) is 12.8 Å². The van der Waals surface area contributed by atoms with E-state index in [0.29, 0.717) is 18.3 Å². The first-order valence-corrected chi connectivity index (χ1v) is 10.7. The average molecular weight is 433 g/mol. The monoisotopic (exact) mass is 432 g/mol. The largest absolute Gasteiger partial charge is 0.478 e. The first-order chi connectivity index (χ1) is 15.4. The van der Waals surface area contributed by atoms with Crippen LogP contribution in [0.15, 0.2) is 53.8 Å².